The number of benzene rings is 1. The summed E-state index contributed by atoms with van der Waals surface area (Å²) in [6, 6.07) is 10.2. The summed E-state index contributed by atoms with van der Waals surface area (Å²) in [5.74, 6) is 0.389. The van der Waals surface area contributed by atoms with E-state index >= 15 is 0 Å². The Morgan fingerprint density at radius 2 is 2.00 bits per heavy atom. The molecular formula is C19H22N2O2. The van der Waals surface area contributed by atoms with Gasteiger partial charge in [-0.3, -0.25) is 4.79 Å². The first-order chi connectivity index (χ1) is 11.1. The zero-order chi connectivity index (χ0) is 16.4. The summed E-state index contributed by atoms with van der Waals surface area (Å²) >= 11 is 0. The molecule has 0 spiro atoms. The highest BCUT2D eigenvalue weighted by molar-refractivity contribution is 5.96. The summed E-state index contributed by atoms with van der Waals surface area (Å²) in [5, 5.41) is 0. The van der Waals surface area contributed by atoms with E-state index in [4.69, 9.17) is 4.74 Å². The fourth-order valence-corrected chi connectivity index (χ4v) is 3.43. The zero-order valence-corrected chi connectivity index (χ0v) is 13.9. The van der Waals surface area contributed by atoms with E-state index < -0.39 is 0 Å². The summed E-state index contributed by atoms with van der Waals surface area (Å²) in [4.78, 5) is 19.1. The Labute approximate surface area is 137 Å². The van der Waals surface area contributed by atoms with E-state index in [2.05, 4.69) is 37.0 Å². The molecule has 0 saturated carbocycles. The standard InChI is InChI=1S/C19H22N2O2/c1-13-10-14(2)12-15(11-13)17-7-5-9-21(17)19(22)16-6-4-8-20-18(16)23-3/h4,6,8,10-12,17H,5,7,9H2,1-3H3. The third kappa shape index (κ3) is 3.07. The van der Waals surface area contributed by atoms with Gasteiger partial charge in [0.05, 0.1) is 13.2 Å². The van der Waals surface area contributed by atoms with Gasteiger partial charge in [0, 0.05) is 12.7 Å². The number of carbonyl (C=O) groups excluding carboxylic acids is 1. The Morgan fingerprint density at radius 3 is 2.70 bits per heavy atom. The van der Waals surface area contributed by atoms with Gasteiger partial charge in [0.1, 0.15) is 5.56 Å². The number of ether oxygens (including phenoxy) is 1. The molecule has 1 saturated heterocycles. The quantitative estimate of drug-likeness (QED) is 0.868. The Bertz CT molecular complexity index is 707. The van der Waals surface area contributed by atoms with Crippen molar-refractivity contribution in [3.05, 3.63) is 58.8 Å². The molecule has 4 heteroatoms. The first kappa shape index (κ1) is 15.5. The number of methoxy groups -OCH3 is 1. The highest BCUT2D eigenvalue weighted by Crippen LogP contribution is 2.34. The molecule has 23 heavy (non-hydrogen) atoms. The molecule has 0 N–H and O–H groups in total. The fourth-order valence-electron chi connectivity index (χ4n) is 3.43. The lowest BCUT2D eigenvalue weighted by Crippen LogP contribution is -2.31. The van der Waals surface area contributed by atoms with Gasteiger partial charge >= 0.3 is 0 Å². The van der Waals surface area contributed by atoms with Crippen LogP contribution in [0.3, 0.4) is 0 Å². The largest absolute Gasteiger partial charge is 0.480 e. The van der Waals surface area contributed by atoms with E-state index in [1.807, 2.05) is 4.90 Å². The van der Waals surface area contributed by atoms with Gasteiger partial charge in [-0.15, -0.1) is 0 Å². The van der Waals surface area contributed by atoms with Crippen molar-refractivity contribution in [2.75, 3.05) is 13.7 Å². The van der Waals surface area contributed by atoms with Gasteiger partial charge in [-0.1, -0.05) is 29.3 Å². The molecular weight excluding hydrogens is 288 g/mol. The lowest BCUT2D eigenvalue weighted by molar-refractivity contribution is 0.0731. The van der Waals surface area contributed by atoms with Crippen LogP contribution in [0.25, 0.3) is 0 Å². The van der Waals surface area contributed by atoms with Crippen LogP contribution in [0.4, 0.5) is 0 Å². The maximum absolute atomic E-state index is 13.0. The van der Waals surface area contributed by atoms with Crippen LogP contribution < -0.4 is 4.74 Å². The lowest BCUT2D eigenvalue weighted by atomic mass is 9.99. The summed E-state index contributed by atoms with van der Waals surface area (Å²) in [6.07, 6.45) is 3.66. The number of likely N-dealkylation sites (tertiary alicyclic amines) is 1. The van der Waals surface area contributed by atoms with Crippen LogP contribution in [0.5, 0.6) is 5.88 Å². The predicted octanol–water partition coefficient (Wildman–Crippen LogP) is 3.68. The van der Waals surface area contributed by atoms with Crippen molar-refractivity contribution in [2.24, 2.45) is 0 Å². The molecule has 1 fully saturated rings. The number of pyridine rings is 1. The van der Waals surface area contributed by atoms with Gasteiger partial charge in [-0.25, -0.2) is 4.98 Å². The molecule has 1 aromatic carbocycles. The topological polar surface area (TPSA) is 42.4 Å². The molecule has 0 aliphatic carbocycles. The first-order valence-electron chi connectivity index (χ1n) is 7.98. The second kappa shape index (κ2) is 6.41. The number of aromatic nitrogens is 1. The number of hydrogen-bond acceptors (Lipinski definition) is 3. The molecule has 1 atom stereocenters. The Morgan fingerprint density at radius 1 is 1.26 bits per heavy atom. The number of aryl methyl sites for hydroxylation is 2. The fraction of sp³-hybridized carbons (Fsp3) is 0.368. The molecule has 0 bridgehead atoms. The Hall–Kier alpha value is -2.36. The molecule has 2 heterocycles. The van der Waals surface area contributed by atoms with Crippen LogP contribution in [0.15, 0.2) is 36.5 Å². The third-order valence-corrected chi connectivity index (χ3v) is 4.34. The molecule has 3 rings (SSSR count). The van der Waals surface area contributed by atoms with E-state index in [-0.39, 0.29) is 11.9 Å². The smallest absolute Gasteiger partial charge is 0.259 e. The van der Waals surface area contributed by atoms with Crippen LogP contribution in [0, 0.1) is 13.8 Å². The molecule has 0 radical (unpaired) electrons. The van der Waals surface area contributed by atoms with Gasteiger partial charge in [0.2, 0.25) is 5.88 Å². The molecule has 1 aromatic heterocycles. The Balaban J connectivity index is 1.93. The average Bonchev–Trinajstić information content (AvgIpc) is 3.03. The normalized spacial score (nSPS) is 17.3. The third-order valence-electron chi connectivity index (χ3n) is 4.34. The van der Waals surface area contributed by atoms with Crippen LogP contribution in [0.2, 0.25) is 0 Å². The molecule has 1 aliphatic rings. The van der Waals surface area contributed by atoms with Gasteiger partial charge < -0.3 is 9.64 Å². The molecule has 1 amide bonds. The van der Waals surface area contributed by atoms with E-state index in [9.17, 15) is 4.79 Å². The second-order valence-electron chi connectivity index (χ2n) is 6.14. The number of amides is 1. The van der Waals surface area contributed by atoms with Crippen molar-refractivity contribution in [3.8, 4) is 5.88 Å². The van der Waals surface area contributed by atoms with E-state index in [1.165, 1.54) is 16.7 Å². The van der Waals surface area contributed by atoms with Gasteiger partial charge in [-0.05, 0) is 44.4 Å². The SMILES string of the molecule is COc1ncccc1C(=O)N1CCCC1c1cc(C)cc(C)c1. The minimum Gasteiger partial charge on any atom is -0.480 e. The first-order valence-corrected chi connectivity index (χ1v) is 7.98. The monoisotopic (exact) mass is 310 g/mol. The van der Waals surface area contributed by atoms with Gasteiger partial charge in [-0.2, -0.15) is 0 Å². The van der Waals surface area contributed by atoms with Crippen LogP contribution in [-0.2, 0) is 0 Å². The van der Waals surface area contributed by atoms with Crippen LogP contribution >= 0.6 is 0 Å². The molecule has 4 nitrogen and oxygen atoms in total. The van der Waals surface area contributed by atoms with Crippen molar-refractivity contribution in [1.29, 1.82) is 0 Å². The Kier molecular flexibility index (Phi) is 4.33. The predicted molar refractivity (Wildman–Crippen MR) is 89.7 cm³/mol. The molecule has 2 aromatic rings. The van der Waals surface area contributed by atoms with Gasteiger partial charge in [0.25, 0.3) is 5.91 Å². The number of carbonyl (C=O) groups is 1. The van der Waals surface area contributed by atoms with Gasteiger partial charge in [0.15, 0.2) is 0 Å². The van der Waals surface area contributed by atoms with E-state index in [0.29, 0.717) is 11.4 Å². The number of rotatable bonds is 3. The highest BCUT2D eigenvalue weighted by atomic mass is 16.5. The molecule has 1 unspecified atom stereocenters. The maximum Gasteiger partial charge on any atom is 0.259 e. The number of nitrogens with zero attached hydrogens (tertiary/aromatic N) is 2. The van der Waals surface area contributed by atoms with Crippen molar-refractivity contribution in [2.45, 2.75) is 32.7 Å². The summed E-state index contributed by atoms with van der Waals surface area (Å²) in [5.41, 5.74) is 4.22. The molecule has 1 aliphatic heterocycles. The number of hydrogen-bond donors (Lipinski definition) is 0. The zero-order valence-electron chi connectivity index (χ0n) is 13.9. The average molecular weight is 310 g/mol. The summed E-state index contributed by atoms with van der Waals surface area (Å²) < 4.78 is 5.25. The minimum atomic E-state index is -0.00314. The van der Waals surface area contributed by atoms with Crippen molar-refractivity contribution in [1.82, 2.24) is 9.88 Å². The van der Waals surface area contributed by atoms with Crippen molar-refractivity contribution in [3.63, 3.8) is 0 Å². The van der Waals surface area contributed by atoms with Crippen molar-refractivity contribution >= 4 is 5.91 Å². The highest BCUT2D eigenvalue weighted by Gasteiger charge is 2.32. The molecule has 120 valence electrons. The summed E-state index contributed by atoms with van der Waals surface area (Å²) in [7, 11) is 1.55. The second-order valence-corrected chi connectivity index (χ2v) is 6.14. The van der Waals surface area contributed by atoms with E-state index in [1.54, 1.807) is 25.4 Å². The van der Waals surface area contributed by atoms with Crippen LogP contribution in [0.1, 0.15) is 45.9 Å². The van der Waals surface area contributed by atoms with E-state index in [0.717, 1.165) is 19.4 Å². The maximum atomic E-state index is 13.0. The van der Waals surface area contributed by atoms with Crippen molar-refractivity contribution < 1.29 is 9.53 Å². The minimum absolute atomic E-state index is 0.00314. The van der Waals surface area contributed by atoms with Crippen LogP contribution in [-0.4, -0.2) is 29.4 Å². The summed E-state index contributed by atoms with van der Waals surface area (Å²) in [6.45, 7) is 4.97. The lowest BCUT2D eigenvalue weighted by Gasteiger charge is -2.26.